The molecule has 134 valence electrons. The summed E-state index contributed by atoms with van der Waals surface area (Å²) < 4.78 is 41.9. The SMILES string of the molecule is O=C(c1csnn1)N1CCc2[nH]nc(-c3ccc(C(F)(F)F)cc3)c2C1. The van der Waals surface area contributed by atoms with Crippen LogP contribution in [0.4, 0.5) is 13.2 Å². The van der Waals surface area contributed by atoms with Gasteiger partial charge in [-0.15, -0.1) is 5.10 Å². The molecule has 1 N–H and O–H groups in total. The Kier molecular flexibility index (Phi) is 3.98. The number of benzene rings is 1. The molecule has 2 aromatic heterocycles. The number of H-pyrrole nitrogens is 1. The van der Waals surface area contributed by atoms with Crippen LogP contribution in [0.15, 0.2) is 29.6 Å². The van der Waals surface area contributed by atoms with E-state index in [1.54, 1.807) is 10.3 Å². The Morgan fingerprint density at radius 3 is 2.65 bits per heavy atom. The molecule has 0 radical (unpaired) electrons. The van der Waals surface area contributed by atoms with E-state index in [1.807, 2.05) is 0 Å². The highest BCUT2D eigenvalue weighted by Gasteiger charge is 2.31. The van der Waals surface area contributed by atoms with Crippen molar-refractivity contribution in [3.63, 3.8) is 0 Å². The zero-order valence-corrected chi connectivity index (χ0v) is 14.1. The number of carbonyl (C=O) groups is 1. The van der Waals surface area contributed by atoms with Crippen molar-refractivity contribution in [1.29, 1.82) is 0 Å². The number of alkyl halides is 3. The highest BCUT2D eigenvalue weighted by atomic mass is 32.1. The molecule has 0 saturated carbocycles. The standard InChI is InChI=1S/C16H12F3N5OS/c17-16(18,19)10-3-1-9(2-4-10)14-11-7-24(6-5-12(11)20-22-14)15(25)13-8-26-23-21-13/h1-4,8H,5-7H2,(H,20,22). The van der Waals surface area contributed by atoms with Crippen molar-refractivity contribution in [1.82, 2.24) is 24.7 Å². The lowest BCUT2D eigenvalue weighted by molar-refractivity contribution is -0.137. The number of fused-ring (bicyclic) bond motifs is 1. The van der Waals surface area contributed by atoms with Gasteiger partial charge in [-0.05, 0) is 23.7 Å². The van der Waals surface area contributed by atoms with Gasteiger partial charge in [0, 0.05) is 35.2 Å². The smallest absolute Gasteiger partial charge is 0.332 e. The van der Waals surface area contributed by atoms with E-state index in [9.17, 15) is 18.0 Å². The number of amides is 1. The first-order valence-corrected chi connectivity index (χ1v) is 8.57. The van der Waals surface area contributed by atoms with Crippen LogP contribution in [0.1, 0.15) is 27.3 Å². The second-order valence-corrected chi connectivity index (χ2v) is 6.48. The van der Waals surface area contributed by atoms with Crippen LogP contribution in [-0.2, 0) is 19.1 Å². The van der Waals surface area contributed by atoms with E-state index in [0.717, 1.165) is 34.9 Å². The Bertz CT molecular complexity index is 934. The zero-order chi connectivity index (χ0) is 18.3. The maximum atomic E-state index is 12.7. The van der Waals surface area contributed by atoms with Crippen LogP contribution in [0.3, 0.4) is 0 Å². The summed E-state index contributed by atoms with van der Waals surface area (Å²) in [7, 11) is 0. The van der Waals surface area contributed by atoms with Crippen LogP contribution in [0.2, 0.25) is 0 Å². The molecule has 1 aliphatic rings. The number of nitrogens with one attached hydrogen (secondary N) is 1. The van der Waals surface area contributed by atoms with Gasteiger partial charge in [-0.3, -0.25) is 9.89 Å². The topological polar surface area (TPSA) is 74.8 Å². The Hall–Kier alpha value is -2.75. The third kappa shape index (κ3) is 2.96. The van der Waals surface area contributed by atoms with Gasteiger partial charge in [-0.2, -0.15) is 18.3 Å². The lowest BCUT2D eigenvalue weighted by Crippen LogP contribution is -2.36. The number of aromatic nitrogens is 4. The summed E-state index contributed by atoms with van der Waals surface area (Å²) in [4.78, 5) is 14.1. The number of carbonyl (C=O) groups excluding carboxylic acids is 1. The highest BCUT2D eigenvalue weighted by Crippen LogP contribution is 2.33. The predicted molar refractivity (Wildman–Crippen MR) is 87.4 cm³/mol. The fourth-order valence-electron chi connectivity index (χ4n) is 2.94. The van der Waals surface area contributed by atoms with Crippen molar-refractivity contribution in [3.8, 4) is 11.3 Å². The van der Waals surface area contributed by atoms with E-state index in [1.165, 1.54) is 12.1 Å². The molecule has 1 amide bonds. The molecule has 0 atom stereocenters. The molecule has 1 aromatic carbocycles. The van der Waals surface area contributed by atoms with Gasteiger partial charge in [0.05, 0.1) is 17.8 Å². The van der Waals surface area contributed by atoms with E-state index in [-0.39, 0.29) is 11.6 Å². The van der Waals surface area contributed by atoms with E-state index < -0.39 is 11.7 Å². The average molecular weight is 379 g/mol. The van der Waals surface area contributed by atoms with Gasteiger partial charge in [0.25, 0.3) is 5.91 Å². The van der Waals surface area contributed by atoms with Crippen LogP contribution in [0, 0.1) is 0 Å². The molecular formula is C16H12F3N5OS. The minimum atomic E-state index is -4.38. The monoisotopic (exact) mass is 379 g/mol. The molecule has 0 spiro atoms. The Balaban J connectivity index is 1.62. The maximum Gasteiger partial charge on any atom is 0.416 e. The molecular weight excluding hydrogens is 367 g/mol. The summed E-state index contributed by atoms with van der Waals surface area (Å²) >= 11 is 1.10. The van der Waals surface area contributed by atoms with Crippen LogP contribution >= 0.6 is 11.5 Å². The molecule has 0 saturated heterocycles. The largest absolute Gasteiger partial charge is 0.416 e. The van der Waals surface area contributed by atoms with Crippen molar-refractivity contribution in [2.45, 2.75) is 19.1 Å². The quantitative estimate of drug-likeness (QED) is 0.742. The van der Waals surface area contributed by atoms with Crippen molar-refractivity contribution in [3.05, 3.63) is 52.2 Å². The molecule has 6 nitrogen and oxygen atoms in total. The van der Waals surface area contributed by atoms with Crippen molar-refractivity contribution >= 4 is 17.4 Å². The summed E-state index contributed by atoms with van der Waals surface area (Å²) in [6, 6.07) is 4.85. The first-order valence-electron chi connectivity index (χ1n) is 7.73. The van der Waals surface area contributed by atoms with E-state index >= 15 is 0 Å². The molecule has 4 rings (SSSR count). The zero-order valence-electron chi connectivity index (χ0n) is 13.2. The summed E-state index contributed by atoms with van der Waals surface area (Å²) in [5.74, 6) is -0.219. The van der Waals surface area contributed by atoms with Gasteiger partial charge in [0.2, 0.25) is 0 Å². The molecule has 10 heteroatoms. The summed E-state index contributed by atoms with van der Waals surface area (Å²) in [5.41, 5.74) is 2.41. The number of nitrogens with zero attached hydrogens (tertiary/aromatic N) is 4. The van der Waals surface area contributed by atoms with E-state index in [4.69, 9.17) is 0 Å². The van der Waals surface area contributed by atoms with Crippen LogP contribution in [0.25, 0.3) is 11.3 Å². The molecule has 3 heterocycles. The first kappa shape index (κ1) is 16.7. The van der Waals surface area contributed by atoms with Crippen molar-refractivity contribution in [2.24, 2.45) is 0 Å². The summed E-state index contributed by atoms with van der Waals surface area (Å²) in [6.07, 6.45) is -3.79. The number of rotatable bonds is 2. The Morgan fingerprint density at radius 2 is 2.00 bits per heavy atom. The van der Waals surface area contributed by atoms with E-state index in [2.05, 4.69) is 19.8 Å². The van der Waals surface area contributed by atoms with Crippen LogP contribution < -0.4 is 0 Å². The number of hydrogen-bond acceptors (Lipinski definition) is 5. The molecule has 0 bridgehead atoms. The second kappa shape index (κ2) is 6.20. The molecule has 3 aromatic rings. The highest BCUT2D eigenvalue weighted by molar-refractivity contribution is 7.03. The third-order valence-corrected chi connectivity index (χ3v) is 4.79. The average Bonchev–Trinajstić information content (AvgIpc) is 3.30. The number of aromatic amines is 1. The lowest BCUT2D eigenvalue weighted by Gasteiger charge is -2.26. The van der Waals surface area contributed by atoms with Gasteiger partial charge in [0.1, 0.15) is 0 Å². The molecule has 26 heavy (non-hydrogen) atoms. The maximum absolute atomic E-state index is 12.7. The Labute approximate surface area is 149 Å². The molecule has 0 unspecified atom stereocenters. The third-order valence-electron chi connectivity index (χ3n) is 4.29. The normalized spacial score (nSPS) is 14.3. The van der Waals surface area contributed by atoms with Gasteiger partial charge in [-0.1, -0.05) is 16.6 Å². The Morgan fingerprint density at radius 1 is 1.23 bits per heavy atom. The van der Waals surface area contributed by atoms with Gasteiger partial charge >= 0.3 is 6.18 Å². The van der Waals surface area contributed by atoms with Gasteiger partial charge in [0.15, 0.2) is 5.69 Å². The summed E-state index contributed by atoms with van der Waals surface area (Å²) in [5, 5.41) is 12.6. The fraction of sp³-hybridized carbons (Fsp3) is 0.250. The summed E-state index contributed by atoms with van der Waals surface area (Å²) in [6.45, 7) is 0.830. The van der Waals surface area contributed by atoms with Crippen molar-refractivity contribution in [2.75, 3.05) is 6.54 Å². The van der Waals surface area contributed by atoms with E-state index in [0.29, 0.717) is 30.8 Å². The van der Waals surface area contributed by atoms with Gasteiger partial charge in [-0.25, -0.2) is 0 Å². The fourth-order valence-corrected chi connectivity index (χ4v) is 3.37. The minimum absolute atomic E-state index is 0.219. The number of halogens is 3. The second-order valence-electron chi connectivity index (χ2n) is 5.87. The van der Waals surface area contributed by atoms with Crippen LogP contribution in [-0.4, -0.2) is 37.1 Å². The minimum Gasteiger partial charge on any atom is -0.332 e. The predicted octanol–water partition coefficient (Wildman–Crippen LogP) is 3.15. The molecule has 0 aliphatic carbocycles. The molecule has 0 fully saturated rings. The number of hydrogen-bond donors (Lipinski definition) is 1. The van der Waals surface area contributed by atoms with Crippen LogP contribution in [0.5, 0.6) is 0 Å². The first-order chi connectivity index (χ1) is 12.4. The van der Waals surface area contributed by atoms with Gasteiger partial charge < -0.3 is 4.90 Å². The lowest BCUT2D eigenvalue weighted by atomic mass is 10.00. The molecule has 1 aliphatic heterocycles. The van der Waals surface area contributed by atoms with Crippen molar-refractivity contribution < 1.29 is 18.0 Å².